The van der Waals surface area contributed by atoms with Crippen molar-refractivity contribution in [2.75, 3.05) is 13.1 Å². The Labute approximate surface area is 95.2 Å². The van der Waals surface area contributed by atoms with Gasteiger partial charge in [-0.25, -0.2) is 0 Å². The van der Waals surface area contributed by atoms with Crippen molar-refractivity contribution in [2.45, 2.75) is 65.0 Å². The fourth-order valence-electron chi connectivity index (χ4n) is 2.99. The first-order chi connectivity index (χ1) is 7.02. The average molecular weight is 212 g/mol. The standard InChI is InChI=1S/C13H28N2/c1-11(2)9-15(12(3)4)13(10-14)7-5-6-8-13/h11-12H,5-10,14H2,1-4H3. The minimum atomic E-state index is 0.318. The second-order valence-electron chi connectivity index (χ2n) is 5.78. The normalized spacial score (nSPS) is 20.8. The van der Waals surface area contributed by atoms with Crippen LogP contribution in [0.1, 0.15) is 53.4 Å². The molecule has 0 aromatic heterocycles. The quantitative estimate of drug-likeness (QED) is 0.759. The van der Waals surface area contributed by atoms with Gasteiger partial charge in [0.15, 0.2) is 0 Å². The number of hydrogen-bond acceptors (Lipinski definition) is 2. The van der Waals surface area contributed by atoms with Gasteiger partial charge in [-0.1, -0.05) is 26.7 Å². The van der Waals surface area contributed by atoms with Crippen LogP contribution in [0.4, 0.5) is 0 Å². The van der Waals surface area contributed by atoms with Gasteiger partial charge in [0.2, 0.25) is 0 Å². The molecule has 1 rings (SSSR count). The molecule has 0 radical (unpaired) electrons. The Morgan fingerprint density at radius 2 is 1.67 bits per heavy atom. The fourth-order valence-corrected chi connectivity index (χ4v) is 2.99. The molecule has 2 heteroatoms. The zero-order chi connectivity index (χ0) is 11.5. The van der Waals surface area contributed by atoms with Crippen molar-refractivity contribution in [3.63, 3.8) is 0 Å². The first-order valence-corrected chi connectivity index (χ1v) is 6.48. The molecule has 0 heterocycles. The Bertz CT molecular complexity index is 181. The average Bonchev–Trinajstić information content (AvgIpc) is 2.63. The van der Waals surface area contributed by atoms with Crippen LogP contribution in [0.5, 0.6) is 0 Å². The molecule has 1 aliphatic rings. The van der Waals surface area contributed by atoms with Crippen molar-refractivity contribution >= 4 is 0 Å². The van der Waals surface area contributed by atoms with Crippen molar-refractivity contribution in [3.05, 3.63) is 0 Å². The lowest BCUT2D eigenvalue weighted by molar-refractivity contribution is 0.0538. The first kappa shape index (κ1) is 13.0. The van der Waals surface area contributed by atoms with Crippen molar-refractivity contribution in [1.82, 2.24) is 4.90 Å². The van der Waals surface area contributed by atoms with E-state index in [9.17, 15) is 0 Å². The van der Waals surface area contributed by atoms with E-state index in [1.54, 1.807) is 0 Å². The zero-order valence-electron chi connectivity index (χ0n) is 10.9. The predicted molar refractivity (Wildman–Crippen MR) is 66.9 cm³/mol. The smallest absolute Gasteiger partial charge is 0.0334 e. The van der Waals surface area contributed by atoms with Crippen LogP contribution in [0.2, 0.25) is 0 Å². The molecule has 0 saturated heterocycles. The van der Waals surface area contributed by atoms with Crippen LogP contribution >= 0.6 is 0 Å². The molecule has 15 heavy (non-hydrogen) atoms. The summed E-state index contributed by atoms with van der Waals surface area (Å²) in [5, 5.41) is 0. The van der Waals surface area contributed by atoms with Gasteiger partial charge in [-0.3, -0.25) is 4.90 Å². The molecule has 1 saturated carbocycles. The van der Waals surface area contributed by atoms with E-state index in [4.69, 9.17) is 5.73 Å². The summed E-state index contributed by atoms with van der Waals surface area (Å²) in [6.45, 7) is 11.2. The maximum absolute atomic E-state index is 6.04. The number of hydrogen-bond donors (Lipinski definition) is 1. The predicted octanol–water partition coefficient (Wildman–Crippen LogP) is 2.62. The van der Waals surface area contributed by atoms with Crippen LogP contribution in [-0.2, 0) is 0 Å². The molecular formula is C13H28N2. The summed E-state index contributed by atoms with van der Waals surface area (Å²) in [5.74, 6) is 0.733. The molecule has 0 bridgehead atoms. The van der Waals surface area contributed by atoms with Crippen LogP contribution in [0.3, 0.4) is 0 Å². The molecule has 1 fully saturated rings. The van der Waals surface area contributed by atoms with E-state index in [1.165, 1.54) is 32.2 Å². The molecule has 0 aromatic carbocycles. The summed E-state index contributed by atoms with van der Waals surface area (Å²) >= 11 is 0. The van der Waals surface area contributed by atoms with Gasteiger partial charge in [-0.15, -0.1) is 0 Å². The summed E-state index contributed by atoms with van der Waals surface area (Å²) in [7, 11) is 0. The van der Waals surface area contributed by atoms with Crippen molar-refractivity contribution < 1.29 is 0 Å². The highest BCUT2D eigenvalue weighted by Crippen LogP contribution is 2.36. The molecule has 0 aromatic rings. The van der Waals surface area contributed by atoms with Crippen LogP contribution < -0.4 is 5.73 Å². The molecule has 2 nitrogen and oxygen atoms in total. The van der Waals surface area contributed by atoms with Crippen LogP contribution in [0.25, 0.3) is 0 Å². The third-order valence-electron chi connectivity index (χ3n) is 3.71. The molecular weight excluding hydrogens is 184 g/mol. The molecule has 0 unspecified atom stereocenters. The van der Waals surface area contributed by atoms with E-state index in [-0.39, 0.29) is 0 Å². The Balaban J connectivity index is 2.75. The highest BCUT2D eigenvalue weighted by atomic mass is 15.2. The monoisotopic (exact) mass is 212 g/mol. The van der Waals surface area contributed by atoms with Gasteiger partial charge in [0, 0.05) is 24.7 Å². The maximum atomic E-state index is 6.04. The third kappa shape index (κ3) is 2.94. The van der Waals surface area contributed by atoms with Crippen LogP contribution in [0, 0.1) is 5.92 Å². The van der Waals surface area contributed by atoms with Gasteiger partial charge in [0.05, 0.1) is 0 Å². The van der Waals surface area contributed by atoms with Crippen molar-refractivity contribution in [3.8, 4) is 0 Å². The Kier molecular flexibility index (Phi) is 4.60. The molecule has 0 spiro atoms. The molecule has 90 valence electrons. The topological polar surface area (TPSA) is 29.3 Å². The SMILES string of the molecule is CC(C)CN(C(C)C)C1(CN)CCCC1. The number of nitrogens with zero attached hydrogens (tertiary/aromatic N) is 1. The largest absolute Gasteiger partial charge is 0.329 e. The van der Waals surface area contributed by atoms with E-state index in [0.29, 0.717) is 11.6 Å². The second kappa shape index (κ2) is 5.31. The summed E-state index contributed by atoms with van der Waals surface area (Å²) in [5.41, 5.74) is 6.36. The Hall–Kier alpha value is -0.0800. The molecule has 0 atom stereocenters. The van der Waals surface area contributed by atoms with Crippen LogP contribution in [-0.4, -0.2) is 29.6 Å². The van der Waals surface area contributed by atoms with Gasteiger partial charge in [-0.2, -0.15) is 0 Å². The lowest BCUT2D eigenvalue weighted by Gasteiger charge is -2.44. The van der Waals surface area contributed by atoms with E-state index in [0.717, 1.165) is 12.5 Å². The van der Waals surface area contributed by atoms with Crippen molar-refractivity contribution in [2.24, 2.45) is 11.7 Å². The van der Waals surface area contributed by atoms with E-state index in [2.05, 4.69) is 32.6 Å². The summed E-state index contributed by atoms with van der Waals surface area (Å²) in [6, 6.07) is 0.619. The minimum Gasteiger partial charge on any atom is -0.329 e. The van der Waals surface area contributed by atoms with E-state index >= 15 is 0 Å². The Morgan fingerprint density at radius 3 is 2.00 bits per heavy atom. The number of nitrogens with two attached hydrogens (primary N) is 1. The van der Waals surface area contributed by atoms with Gasteiger partial charge >= 0.3 is 0 Å². The lowest BCUT2D eigenvalue weighted by Crippen LogP contribution is -2.56. The van der Waals surface area contributed by atoms with Gasteiger partial charge in [0.25, 0.3) is 0 Å². The fraction of sp³-hybridized carbons (Fsp3) is 1.00. The lowest BCUT2D eigenvalue weighted by atomic mass is 9.92. The van der Waals surface area contributed by atoms with Crippen molar-refractivity contribution in [1.29, 1.82) is 0 Å². The molecule has 0 aliphatic heterocycles. The van der Waals surface area contributed by atoms with Gasteiger partial charge in [-0.05, 0) is 32.6 Å². The summed E-state index contributed by atoms with van der Waals surface area (Å²) in [4.78, 5) is 2.66. The highest BCUT2D eigenvalue weighted by molar-refractivity contribution is 4.97. The second-order valence-corrected chi connectivity index (χ2v) is 5.78. The van der Waals surface area contributed by atoms with Gasteiger partial charge in [0.1, 0.15) is 0 Å². The summed E-state index contributed by atoms with van der Waals surface area (Å²) < 4.78 is 0. The van der Waals surface area contributed by atoms with Gasteiger partial charge < -0.3 is 5.73 Å². The highest BCUT2D eigenvalue weighted by Gasteiger charge is 2.39. The van der Waals surface area contributed by atoms with E-state index in [1.807, 2.05) is 0 Å². The molecule has 2 N–H and O–H groups in total. The number of rotatable bonds is 5. The first-order valence-electron chi connectivity index (χ1n) is 6.48. The van der Waals surface area contributed by atoms with Crippen LogP contribution in [0.15, 0.2) is 0 Å². The Morgan fingerprint density at radius 1 is 1.13 bits per heavy atom. The minimum absolute atomic E-state index is 0.318. The zero-order valence-corrected chi connectivity index (χ0v) is 10.9. The third-order valence-corrected chi connectivity index (χ3v) is 3.71. The maximum Gasteiger partial charge on any atom is 0.0334 e. The molecule has 0 amide bonds. The summed E-state index contributed by atoms with van der Waals surface area (Å²) in [6.07, 6.45) is 5.32. The van der Waals surface area contributed by atoms with E-state index < -0.39 is 0 Å². The molecule has 1 aliphatic carbocycles.